The monoisotopic (exact) mass is 402 g/mol. The number of hydrogen-bond donors (Lipinski definition) is 3. The maximum atomic E-state index is 12.6. The minimum Gasteiger partial charge on any atom is -0.497 e. The van der Waals surface area contributed by atoms with Gasteiger partial charge in [0.2, 0.25) is 0 Å². The van der Waals surface area contributed by atoms with Gasteiger partial charge in [0.1, 0.15) is 11.8 Å². The molecule has 2 amide bonds. The van der Waals surface area contributed by atoms with E-state index >= 15 is 0 Å². The van der Waals surface area contributed by atoms with Crippen LogP contribution < -0.4 is 15.4 Å². The summed E-state index contributed by atoms with van der Waals surface area (Å²) >= 11 is 1.50. The van der Waals surface area contributed by atoms with Crippen molar-refractivity contribution in [1.82, 2.24) is 5.32 Å². The van der Waals surface area contributed by atoms with E-state index in [4.69, 9.17) is 4.74 Å². The molecule has 2 aromatic carbocycles. The normalized spacial score (nSPS) is 11.4. The summed E-state index contributed by atoms with van der Waals surface area (Å²) in [6, 6.07) is 12.0. The van der Waals surface area contributed by atoms with Gasteiger partial charge in [0.05, 0.1) is 18.4 Å². The molecule has 0 aliphatic rings. The molecule has 0 fully saturated rings. The van der Waals surface area contributed by atoms with Crippen LogP contribution in [0.25, 0.3) is 0 Å². The number of carbonyl (C=O) groups is 3. The van der Waals surface area contributed by atoms with E-state index in [2.05, 4.69) is 10.6 Å². The first-order chi connectivity index (χ1) is 13.5. The molecular formula is C20H22N2O5S. The molecule has 0 radical (unpaired) electrons. The van der Waals surface area contributed by atoms with Crippen LogP contribution in [0.1, 0.15) is 27.1 Å². The van der Waals surface area contributed by atoms with Crippen LogP contribution >= 0.6 is 11.8 Å². The number of anilines is 1. The molecule has 148 valence electrons. The van der Waals surface area contributed by atoms with Crippen molar-refractivity contribution in [2.75, 3.05) is 24.4 Å². The Morgan fingerprint density at radius 3 is 2.36 bits per heavy atom. The number of para-hydroxylation sites is 1. The van der Waals surface area contributed by atoms with Gasteiger partial charge in [0.15, 0.2) is 0 Å². The summed E-state index contributed by atoms with van der Waals surface area (Å²) in [4.78, 5) is 36.4. The topological polar surface area (TPSA) is 105 Å². The predicted octanol–water partition coefficient (Wildman–Crippen LogP) is 2.88. The van der Waals surface area contributed by atoms with Crippen molar-refractivity contribution in [1.29, 1.82) is 0 Å². The Bertz CT molecular complexity index is 839. The van der Waals surface area contributed by atoms with Crippen molar-refractivity contribution in [3.05, 3.63) is 59.7 Å². The van der Waals surface area contributed by atoms with Gasteiger partial charge in [-0.1, -0.05) is 12.1 Å². The van der Waals surface area contributed by atoms with E-state index in [9.17, 15) is 19.5 Å². The first kappa shape index (κ1) is 21.3. The average molecular weight is 402 g/mol. The van der Waals surface area contributed by atoms with E-state index in [0.29, 0.717) is 29.2 Å². The van der Waals surface area contributed by atoms with Gasteiger partial charge in [0, 0.05) is 5.56 Å². The number of methoxy groups -OCH3 is 1. The number of carboxylic acid groups (broad SMARTS) is 1. The Balaban J connectivity index is 2.15. The second-order valence-electron chi connectivity index (χ2n) is 5.87. The molecule has 28 heavy (non-hydrogen) atoms. The van der Waals surface area contributed by atoms with Crippen LogP contribution in [0.5, 0.6) is 5.75 Å². The fourth-order valence-electron chi connectivity index (χ4n) is 2.46. The molecule has 0 aliphatic carbocycles. The molecule has 2 aromatic rings. The lowest BCUT2D eigenvalue weighted by Crippen LogP contribution is -2.41. The van der Waals surface area contributed by atoms with Crippen molar-refractivity contribution in [2.24, 2.45) is 0 Å². The zero-order valence-electron chi connectivity index (χ0n) is 15.6. The van der Waals surface area contributed by atoms with E-state index < -0.39 is 17.9 Å². The molecule has 0 bridgehead atoms. The number of ether oxygens (including phenoxy) is 1. The van der Waals surface area contributed by atoms with Gasteiger partial charge >= 0.3 is 5.97 Å². The van der Waals surface area contributed by atoms with E-state index in [1.807, 2.05) is 6.26 Å². The number of carbonyl (C=O) groups excluding carboxylic acids is 2. The smallest absolute Gasteiger partial charge is 0.326 e. The SMILES string of the molecule is COc1ccc(C(=O)Nc2ccccc2C(=O)N[C@H](CCSC)C(=O)O)cc1. The summed E-state index contributed by atoms with van der Waals surface area (Å²) in [5, 5.41) is 14.5. The Kier molecular flexibility index (Phi) is 7.88. The zero-order valence-corrected chi connectivity index (χ0v) is 16.4. The van der Waals surface area contributed by atoms with E-state index in [1.54, 1.807) is 42.5 Å². The summed E-state index contributed by atoms with van der Waals surface area (Å²) in [5.41, 5.74) is 0.897. The van der Waals surface area contributed by atoms with E-state index in [0.717, 1.165) is 0 Å². The molecule has 8 heteroatoms. The van der Waals surface area contributed by atoms with Gasteiger partial charge in [-0.2, -0.15) is 11.8 Å². The Morgan fingerprint density at radius 1 is 1.07 bits per heavy atom. The number of benzene rings is 2. The third kappa shape index (κ3) is 5.75. The Morgan fingerprint density at radius 2 is 1.75 bits per heavy atom. The van der Waals surface area contributed by atoms with Gasteiger partial charge < -0.3 is 20.5 Å². The van der Waals surface area contributed by atoms with Crippen LogP contribution in [0.4, 0.5) is 5.69 Å². The standard InChI is InChI=1S/C20H22N2O5S/c1-27-14-9-7-13(8-10-14)18(23)21-16-6-4-3-5-15(16)19(24)22-17(20(25)26)11-12-28-2/h3-10,17H,11-12H2,1-2H3,(H,21,23)(H,22,24)(H,25,26)/t17-/m1/s1. The maximum Gasteiger partial charge on any atom is 0.326 e. The molecule has 0 spiro atoms. The van der Waals surface area contributed by atoms with Crippen molar-refractivity contribution in [2.45, 2.75) is 12.5 Å². The fourth-order valence-corrected chi connectivity index (χ4v) is 2.93. The van der Waals surface area contributed by atoms with Gasteiger partial charge in [-0.15, -0.1) is 0 Å². The van der Waals surface area contributed by atoms with Gasteiger partial charge in [-0.05, 0) is 54.8 Å². The summed E-state index contributed by atoms with van der Waals surface area (Å²) in [6.07, 6.45) is 2.17. The third-order valence-electron chi connectivity index (χ3n) is 3.99. The molecule has 0 saturated carbocycles. The van der Waals surface area contributed by atoms with Crippen LogP contribution in [0.3, 0.4) is 0 Å². The number of aliphatic carboxylic acids is 1. The van der Waals surface area contributed by atoms with Crippen LogP contribution in [-0.4, -0.2) is 48.1 Å². The second kappa shape index (κ2) is 10.4. The lowest BCUT2D eigenvalue weighted by atomic mass is 10.1. The number of nitrogens with one attached hydrogen (secondary N) is 2. The van der Waals surface area contributed by atoms with Gasteiger partial charge in [-0.25, -0.2) is 4.79 Å². The van der Waals surface area contributed by atoms with Crippen molar-refractivity contribution in [3.8, 4) is 5.75 Å². The fraction of sp³-hybridized carbons (Fsp3) is 0.250. The molecule has 0 heterocycles. The molecule has 0 saturated heterocycles. The Hall–Kier alpha value is -3.00. The van der Waals surface area contributed by atoms with E-state index in [-0.39, 0.29) is 11.5 Å². The molecule has 7 nitrogen and oxygen atoms in total. The summed E-state index contributed by atoms with van der Waals surface area (Å²) < 4.78 is 5.07. The predicted molar refractivity (Wildman–Crippen MR) is 109 cm³/mol. The largest absolute Gasteiger partial charge is 0.497 e. The molecule has 3 N–H and O–H groups in total. The van der Waals surface area contributed by atoms with Crippen LogP contribution in [0.15, 0.2) is 48.5 Å². The number of carboxylic acids is 1. The summed E-state index contributed by atoms with van der Waals surface area (Å²) in [6.45, 7) is 0. The number of amides is 2. The quantitative estimate of drug-likeness (QED) is 0.596. The molecule has 0 aromatic heterocycles. The summed E-state index contributed by atoms with van der Waals surface area (Å²) in [5.74, 6) is -0.810. The first-order valence-corrected chi connectivity index (χ1v) is 9.92. The number of hydrogen-bond acceptors (Lipinski definition) is 5. The van der Waals surface area contributed by atoms with Crippen molar-refractivity contribution >= 4 is 35.2 Å². The molecule has 0 aliphatic heterocycles. The highest BCUT2D eigenvalue weighted by Crippen LogP contribution is 2.18. The van der Waals surface area contributed by atoms with Crippen molar-refractivity contribution < 1.29 is 24.2 Å². The summed E-state index contributed by atoms with van der Waals surface area (Å²) in [7, 11) is 1.54. The maximum absolute atomic E-state index is 12.6. The third-order valence-corrected chi connectivity index (χ3v) is 4.63. The highest BCUT2D eigenvalue weighted by atomic mass is 32.2. The number of thioether (sulfide) groups is 1. The lowest BCUT2D eigenvalue weighted by molar-refractivity contribution is -0.139. The minimum atomic E-state index is -1.10. The van der Waals surface area contributed by atoms with Crippen molar-refractivity contribution in [3.63, 3.8) is 0 Å². The van der Waals surface area contributed by atoms with Crippen LogP contribution in [0, 0.1) is 0 Å². The Labute approximate surface area is 167 Å². The minimum absolute atomic E-state index is 0.194. The average Bonchev–Trinajstić information content (AvgIpc) is 2.71. The van der Waals surface area contributed by atoms with Gasteiger partial charge in [0.25, 0.3) is 11.8 Å². The van der Waals surface area contributed by atoms with Crippen LogP contribution in [0.2, 0.25) is 0 Å². The molecule has 1 atom stereocenters. The zero-order chi connectivity index (χ0) is 20.5. The lowest BCUT2D eigenvalue weighted by Gasteiger charge is -2.16. The second-order valence-corrected chi connectivity index (χ2v) is 6.86. The number of rotatable bonds is 9. The first-order valence-electron chi connectivity index (χ1n) is 8.53. The molecule has 2 rings (SSSR count). The highest BCUT2D eigenvalue weighted by molar-refractivity contribution is 7.98. The van der Waals surface area contributed by atoms with Gasteiger partial charge in [-0.3, -0.25) is 9.59 Å². The highest BCUT2D eigenvalue weighted by Gasteiger charge is 2.22. The van der Waals surface area contributed by atoms with E-state index in [1.165, 1.54) is 24.9 Å². The molecule has 0 unspecified atom stereocenters. The molecular weight excluding hydrogens is 380 g/mol. The van der Waals surface area contributed by atoms with Crippen LogP contribution in [-0.2, 0) is 4.79 Å².